The van der Waals surface area contributed by atoms with Crippen molar-refractivity contribution in [3.63, 3.8) is 0 Å². The molecular formula is C23H23N3O4. The van der Waals surface area contributed by atoms with Crippen molar-refractivity contribution in [3.8, 4) is 5.75 Å². The Morgan fingerprint density at radius 2 is 1.97 bits per heavy atom. The normalized spacial score (nSPS) is 13.4. The van der Waals surface area contributed by atoms with Gasteiger partial charge in [0.2, 0.25) is 0 Å². The molecule has 0 amide bonds. The van der Waals surface area contributed by atoms with Crippen LogP contribution in [0.4, 0.5) is 0 Å². The zero-order valence-corrected chi connectivity index (χ0v) is 16.8. The fourth-order valence-corrected chi connectivity index (χ4v) is 3.77. The number of nitrogens with zero attached hydrogens (tertiary/aromatic N) is 3. The number of methoxy groups -OCH3 is 1. The van der Waals surface area contributed by atoms with Crippen molar-refractivity contribution in [1.29, 1.82) is 0 Å². The lowest BCUT2D eigenvalue weighted by molar-refractivity contribution is 0.0990. The number of benzene rings is 1. The minimum absolute atomic E-state index is 0.114. The number of ether oxygens (including phenoxy) is 2. The maximum absolute atomic E-state index is 13.0. The van der Waals surface area contributed by atoms with Crippen LogP contribution < -0.4 is 10.3 Å². The SMILES string of the molecule is COc1ccc(Cn2c3c(c(C(=O)Cc4cccnn4)cc2=O)CCOCC3)cc1. The van der Waals surface area contributed by atoms with Gasteiger partial charge in [0.1, 0.15) is 5.75 Å². The fraction of sp³-hybridized carbons (Fsp3) is 0.304. The summed E-state index contributed by atoms with van der Waals surface area (Å²) >= 11 is 0. The molecule has 0 bridgehead atoms. The van der Waals surface area contributed by atoms with Crippen LogP contribution in [0.25, 0.3) is 0 Å². The van der Waals surface area contributed by atoms with Crippen molar-refractivity contribution in [2.75, 3.05) is 20.3 Å². The minimum atomic E-state index is -0.186. The molecule has 0 saturated heterocycles. The van der Waals surface area contributed by atoms with Gasteiger partial charge in [-0.1, -0.05) is 12.1 Å². The topological polar surface area (TPSA) is 83.3 Å². The molecule has 7 heteroatoms. The molecule has 0 aliphatic carbocycles. The molecule has 1 aromatic carbocycles. The molecule has 4 rings (SSSR count). The van der Waals surface area contributed by atoms with Crippen LogP contribution in [0, 0.1) is 0 Å². The third kappa shape index (κ3) is 4.31. The van der Waals surface area contributed by atoms with E-state index in [1.54, 1.807) is 30.0 Å². The van der Waals surface area contributed by atoms with E-state index in [-0.39, 0.29) is 17.8 Å². The van der Waals surface area contributed by atoms with Crippen LogP contribution in [0.1, 0.15) is 32.9 Å². The number of fused-ring (bicyclic) bond motifs is 1. The van der Waals surface area contributed by atoms with E-state index in [2.05, 4.69) is 10.2 Å². The molecule has 3 aromatic rings. The lowest BCUT2D eigenvalue weighted by Crippen LogP contribution is -2.28. The lowest BCUT2D eigenvalue weighted by atomic mass is 9.96. The number of Topliss-reactive ketones (excluding diaryl/α,β-unsaturated/α-hetero) is 1. The lowest BCUT2D eigenvalue weighted by Gasteiger charge is -2.18. The Labute approximate surface area is 174 Å². The highest BCUT2D eigenvalue weighted by atomic mass is 16.5. The van der Waals surface area contributed by atoms with Gasteiger partial charge in [-0.2, -0.15) is 10.2 Å². The summed E-state index contributed by atoms with van der Waals surface area (Å²) in [4.78, 5) is 26.0. The molecule has 0 unspecified atom stereocenters. The third-order valence-corrected chi connectivity index (χ3v) is 5.28. The number of rotatable bonds is 6. The molecule has 0 spiro atoms. The van der Waals surface area contributed by atoms with Crippen molar-refractivity contribution in [1.82, 2.24) is 14.8 Å². The van der Waals surface area contributed by atoms with Crippen molar-refractivity contribution >= 4 is 5.78 Å². The van der Waals surface area contributed by atoms with Gasteiger partial charge in [-0.25, -0.2) is 0 Å². The highest BCUT2D eigenvalue weighted by Crippen LogP contribution is 2.21. The fourth-order valence-electron chi connectivity index (χ4n) is 3.77. The van der Waals surface area contributed by atoms with Crippen molar-refractivity contribution in [3.05, 3.63) is 87.1 Å². The predicted octanol–water partition coefficient (Wildman–Crippen LogP) is 2.24. The molecule has 3 heterocycles. The molecule has 0 radical (unpaired) electrons. The average molecular weight is 405 g/mol. The van der Waals surface area contributed by atoms with Crippen molar-refractivity contribution in [2.24, 2.45) is 0 Å². The summed E-state index contributed by atoms with van der Waals surface area (Å²) in [6.07, 6.45) is 2.87. The van der Waals surface area contributed by atoms with Gasteiger partial charge >= 0.3 is 0 Å². The molecule has 7 nitrogen and oxygen atoms in total. The van der Waals surface area contributed by atoms with E-state index in [4.69, 9.17) is 9.47 Å². The van der Waals surface area contributed by atoms with E-state index < -0.39 is 0 Å². The first-order valence-corrected chi connectivity index (χ1v) is 9.92. The van der Waals surface area contributed by atoms with E-state index in [0.29, 0.717) is 43.9 Å². The maximum Gasteiger partial charge on any atom is 0.251 e. The van der Waals surface area contributed by atoms with Gasteiger partial charge in [0.05, 0.1) is 39.0 Å². The number of ketones is 1. The van der Waals surface area contributed by atoms with Gasteiger partial charge in [-0.15, -0.1) is 0 Å². The average Bonchev–Trinajstić information content (AvgIpc) is 3.03. The highest BCUT2D eigenvalue weighted by Gasteiger charge is 2.22. The first-order valence-electron chi connectivity index (χ1n) is 9.92. The quantitative estimate of drug-likeness (QED) is 0.585. The number of pyridine rings is 1. The largest absolute Gasteiger partial charge is 0.497 e. The van der Waals surface area contributed by atoms with Crippen LogP contribution in [0.3, 0.4) is 0 Å². The van der Waals surface area contributed by atoms with Crippen LogP contribution >= 0.6 is 0 Å². The maximum atomic E-state index is 13.0. The first kappa shape index (κ1) is 20.0. The monoisotopic (exact) mass is 405 g/mol. The zero-order chi connectivity index (χ0) is 20.9. The number of hydrogen-bond donors (Lipinski definition) is 0. The molecule has 1 aliphatic heterocycles. The summed E-state index contributed by atoms with van der Waals surface area (Å²) in [6.45, 7) is 1.49. The van der Waals surface area contributed by atoms with E-state index in [0.717, 1.165) is 22.6 Å². The standard InChI is InChI=1S/C23H23N3O4/c1-29-18-6-4-16(5-7-18)15-26-21-9-12-30-11-8-19(21)20(14-23(26)28)22(27)13-17-3-2-10-24-25-17/h2-7,10,14H,8-9,11-13,15H2,1H3. The zero-order valence-electron chi connectivity index (χ0n) is 16.8. The van der Waals surface area contributed by atoms with Crippen LogP contribution in [-0.2, 0) is 30.5 Å². The molecule has 154 valence electrons. The Kier molecular flexibility index (Phi) is 5.99. The van der Waals surface area contributed by atoms with Gasteiger partial charge < -0.3 is 14.0 Å². The third-order valence-electron chi connectivity index (χ3n) is 5.28. The second-order valence-electron chi connectivity index (χ2n) is 7.18. The molecule has 30 heavy (non-hydrogen) atoms. The van der Waals surface area contributed by atoms with E-state index in [9.17, 15) is 9.59 Å². The first-order chi connectivity index (χ1) is 14.7. The Balaban J connectivity index is 1.71. The summed E-state index contributed by atoms with van der Waals surface area (Å²) in [5.74, 6) is 0.644. The smallest absolute Gasteiger partial charge is 0.251 e. The van der Waals surface area contributed by atoms with Gasteiger partial charge in [0.15, 0.2) is 5.78 Å². The van der Waals surface area contributed by atoms with Gasteiger partial charge in [-0.3, -0.25) is 9.59 Å². The Bertz CT molecular complexity index is 1090. The Hall–Kier alpha value is -3.32. The molecule has 0 atom stereocenters. The van der Waals surface area contributed by atoms with Crippen molar-refractivity contribution in [2.45, 2.75) is 25.8 Å². The summed E-state index contributed by atoms with van der Waals surface area (Å²) in [5.41, 5.74) is 3.63. The molecule has 0 fully saturated rings. The van der Waals surface area contributed by atoms with Crippen LogP contribution in [0.5, 0.6) is 5.75 Å². The summed E-state index contributed by atoms with van der Waals surface area (Å²) in [5, 5.41) is 7.82. The van der Waals surface area contributed by atoms with Crippen LogP contribution in [0.2, 0.25) is 0 Å². The van der Waals surface area contributed by atoms with Gasteiger partial charge in [0.25, 0.3) is 5.56 Å². The van der Waals surface area contributed by atoms with Crippen LogP contribution in [-0.4, -0.2) is 40.9 Å². The Morgan fingerprint density at radius 3 is 2.70 bits per heavy atom. The Morgan fingerprint density at radius 1 is 1.17 bits per heavy atom. The molecule has 1 aliphatic rings. The van der Waals surface area contributed by atoms with Gasteiger partial charge in [0, 0.05) is 29.9 Å². The molecule has 0 saturated carbocycles. The second-order valence-corrected chi connectivity index (χ2v) is 7.18. The predicted molar refractivity (Wildman–Crippen MR) is 111 cm³/mol. The number of carbonyl (C=O) groups is 1. The second kappa shape index (κ2) is 9.00. The molecule has 2 aromatic heterocycles. The number of hydrogen-bond acceptors (Lipinski definition) is 6. The summed E-state index contributed by atoms with van der Waals surface area (Å²) < 4.78 is 12.6. The summed E-state index contributed by atoms with van der Waals surface area (Å²) in [6, 6.07) is 12.6. The molecule has 0 N–H and O–H groups in total. The number of aromatic nitrogens is 3. The van der Waals surface area contributed by atoms with E-state index in [1.807, 2.05) is 24.3 Å². The summed E-state index contributed by atoms with van der Waals surface area (Å²) in [7, 11) is 1.62. The van der Waals surface area contributed by atoms with Gasteiger partial charge in [-0.05, 0) is 41.8 Å². The highest BCUT2D eigenvalue weighted by molar-refractivity contribution is 5.98. The van der Waals surface area contributed by atoms with E-state index >= 15 is 0 Å². The van der Waals surface area contributed by atoms with E-state index in [1.165, 1.54) is 6.07 Å². The van der Waals surface area contributed by atoms with Crippen LogP contribution in [0.15, 0.2) is 53.5 Å². The molecular weight excluding hydrogens is 382 g/mol. The van der Waals surface area contributed by atoms with Crippen molar-refractivity contribution < 1.29 is 14.3 Å². The number of carbonyl (C=O) groups excluding carboxylic acids is 1. The minimum Gasteiger partial charge on any atom is -0.497 e.